The number of alkyl halides is 3. The molecule has 1 N–H and O–H groups in total. The van der Waals surface area contributed by atoms with Gasteiger partial charge >= 0.3 is 12.3 Å². The van der Waals surface area contributed by atoms with E-state index < -0.39 is 29.0 Å². The van der Waals surface area contributed by atoms with Crippen LogP contribution < -0.4 is 5.48 Å². The van der Waals surface area contributed by atoms with Gasteiger partial charge in [-0.1, -0.05) is 0 Å². The Morgan fingerprint density at radius 2 is 2.16 bits per heavy atom. The van der Waals surface area contributed by atoms with Crippen LogP contribution in [-0.4, -0.2) is 41.3 Å². The Morgan fingerprint density at radius 3 is 2.80 bits per heavy atom. The fraction of sp³-hybridized carbons (Fsp3) is 0.625. The number of halogens is 3. The van der Waals surface area contributed by atoms with Gasteiger partial charge in [-0.2, -0.15) is 18.7 Å². The quantitative estimate of drug-likeness (QED) is 0.835. The summed E-state index contributed by atoms with van der Waals surface area (Å²) in [4.78, 5) is 23.2. The number of nitrogens with one attached hydrogen (secondary N) is 1. The van der Waals surface area contributed by atoms with Crippen molar-refractivity contribution in [3.63, 3.8) is 0 Å². The van der Waals surface area contributed by atoms with Gasteiger partial charge < -0.3 is 14.5 Å². The first-order valence-electron chi connectivity index (χ1n) is 7.92. The molecule has 6 nitrogen and oxygen atoms in total. The van der Waals surface area contributed by atoms with Crippen molar-refractivity contribution in [1.82, 2.24) is 15.4 Å². The lowest BCUT2D eigenvalue weighted by Gasteiger charge is -2.28. The fourth-order valence-electron chi connectivity index (χ4n) is 3.16. The lowest BCUT2D eigenvalue weighted by Crippen LogP contribution is -2.45. The van der Waals surface area contributed by atoms with E-state index in [2.05, 4.69) is 10.5 Å². The van der Waals surface area contributed by atoms with Crippen LogP contribution in [0.2, 0.25) is 0 Å². The first-order valence-corrected chi connectivity index (χ1v) is 7.92. The van der Waals surface area contributed by atoms with E-state index in [4.69, 9.17) is 9.57 Å². The molecule has 0 unspecified atom stereocenters. The summed E-state index contributed by atoms with van der Waals surface area (Å²) in [6, 6.07) is 1.93. The number of pyridine rings is 1. The topological polar surface area (TPSA) is 63.7 Å². The van der Waals surface area contributed by atoms with Crippen molar-refractivity contribution in [2.75, 3.05) is 19.7 Å². The van der Waals surface area contributed by atoms with Gasteiger partial charge in [0, 0.05) is 18.7 Å². The SMILES string of the molecule is CC(C)(C)OC(=O)N1C[C@H]2CON[C@@]2(c2cc(C(F)(F)F)ccn2)C1. The van der Waals surface area contributed by atoms with Crippen molar-refractivity contribution in [2.24, 2.45) is 5.92 Å². The normalized spacial score (nSPS) is 26.6. The number of hydrogen-bond acceptors (Lipinski definition) is 5. The van der Waals surface area contributed by atoms with Crippen molar-refractivity contribution in [1.29, 1.82) is 0 Å². The van der Waals surface area contributed by atoms with Crippen molar-refractivity contribution < 1.29 is 27.5 Å². The van der Waals surface area contributed by atoms with E-state index in [0.717, 1.165) is 18.3 Å². The Balaban J connectivity index is 1.88. The second kappa shape index (κ2) is 5.84. The highest BCUT2D eigenvalue weighted by Gasteiger charge is 2.55. The summed E-state index contributed by atoms with van der Waals surface area (Å²) in [5, 5.41) is 0. The van der Waals surface area contributed by atoms with Gasteiger partial charge in [0.1, 0.15) is 11.1 Å². The number of rotatable bonds is 1. The molecule has 0 aromatic carbocycles. The van der Waals surface area contributed by atoms with Crippen molar-refractivity contribution in [3.05, 3.63) is 29.6 Å². The van der Waals surface area contributed by atoms with E-state index in [-0.39, 0.29) is 24.8 Å². The first-order chi connectivity index (χ1) is 11.5. The third-order valence-electron chi connectivity index (χ3n) is 4.31. The molecule has 2 saturated heterocycles. The smallest absolute Gasteiger partial charge is 0.416 e. The highest BCUT2D eigenvalue weighted by atomic mass is 19.4. The molecule has 2 aliphatic heterocycles. The van der Waals surface area contributed by atoms with Crippen LogP contribution in [0.15, 0.2) is 18.3 Å². The van der Waals surface area contributed by atoms with E-state index in [1.807, 2.05) is 0 Å². The highest BCUT2D eigenvalue weighted by Crippen LogP contribution is 2.41. The molecule has 2 fully saturated rings. The van der Waals surface area contributed by atoms with Crippen LogP contribution in [-0.2, 0) is 21.3 Å². The van der Waals surface area contributed by atoms with Crippen LogP contribution in [0.5, 0.6) is 0 Å². The monoisotopic (exact) mass is 359 g/mol. The third-order valence-corrected chi connectivity index (χ3v) is 4.31. The summed E-state index contributed by atoms with van der Waals surface area (Å²) < 4.78 is 44.4. The zero-order valence-corrected chi connectivity index (χ0v) is 14.2. The molecule has 0 aliphatic carbocycles. The minimum absolute atomic E-state index is 0.126. The molecule has 0 bridgehead atoms. The van der Waals surface area contributed by atoms with Gasteiger partial charge in [-0.05, 0) is 32.9 Å². The second-order valence-corrected chi connectivity index (χ2v) is 7.37. The van der Waals surface area contributed by atoms with Crippen LogP contribution in [0, 0.1) is 5.92 Å². The van der Waals surface area contributed by atoms with Crippen molar-refractivity contribution >= 4 is 6.09 Å². The van der Waals surface area contributed by atoms with Crippen LogP contribution >= 0.6 is 0 Å². The maximum atomic E-state index is 13.0. The number of likely N-dealkylation sites (tertiary alicyclic amines) is 1. The molecular formula is C16H20F3N3O3. The lowest BCUT2D eigenvalue weighted by atomic mass is 9.85. The van der Waals surface area contributed by atoms with Gasteiger partial charge in [0.2, 0.25) is 0 Å². The molecule has 0 spiro atoms. The van der Waals surface area contributed by atoms with Crippen molar-refractivity contribution in [3.8, 4) is 0 Å². The molecule has 1 amide bonds. The Hall–Kier alpha value is -1.87. The molecule has 138 valence electrons. The first kappa shape index (κ1) is 17.9. The minimum Gasteiger partial charge on any atom is -0.444 e. The van der Waals surface area contributed by atoms with Crippen molar-refractivity contribution in [2.45, 2.75) is 38.1 Å². The molecule has 1 aromatic rings. The van der Waals surface area contributed by atoms with Gasteiger partial charge in [0.05, 0.1) is 24.4 Å². The number of carbonyl (C=O) groups is 1. The predicted octanol–water partition coefficient (Wildman–Crippen LogP) is 2.70. The fourth-order valence-corrected chi connectivity index (χ4v) is 3.16. The molecule has 25 heavy (non-hydrogen) atoms. The Morgan fingerprint density at radius 1 is 1.44 bits per heavy atom. The summed E-state index contributed by atoms with van der Waals surface area (Å²) in [6.07, 6.45) is -3.85. The molecule has 2 aliphatic rings. The van der Waals surface area contributed by atoms with Gasteiger partial charge in [0.25, 0.3) is 0 Å². The van der Waals surface area contributed by atoms with Crippen LogP contribution in [0.25, 0.3) is 0 Å². The number of fused-ring (bicyclic) bond motifs is 1. The van der Waals surface area contributed by atoms with Gasteiger partial charge in [-0.25, -0.2) is 4.79 Å². The highest BCUT2D eigenvalue weighted by molar-refractivity contribution is 5.69. The van der Waals surface area contributed by atoms with Crippen LogP contribution in [0.1, 0.15) is 32.0 Å². The number of carbonyl (C=O) groups excluding carboxylic acids is 1. The third kappa shape index (κ3) is 3.43. The summed E-state index contributed by atoms with van der Waals surface area (Å²) >= 11 is 0. The number of hydrogen-bond donors (Lipinski definition) is 1. The summed E-state index contributed by atoms with van der Waals surface area (Å²) in [6.45, 7) is 5.99. The summed E-state index contributed by atoms with van der Waals surface area (Å²) in [5.74, 6) is -0.212. The van der Waals surface area contributed by atoms with E-state index >= 15 is 0 Å². The Bertz CT molecular complexity index is 675. The lowest BCUT2D eigenvalue weighted by molar-refractivity contribution is -0.137. The van der Waals surface area contributed by atoms with Gasteiger partial charge in [-0.3, -0.25) is 4.98 Å². The zero-order valence-electron chi connectivity index (χ0n) is 14.2. The summed E-state index contributed by atoms with van der Waals surface area (Å²) in [7, 11) is 0. The average molecular weight is 359 g/mol. The number of ether oxygens (including phenoxy) is 1. The average Bonchev–Trinajstić information content (AvgIpc) is 3.02. The number of aromatic nitrogens is 1. The molecule has 0 radical (unpaired) electrons. The van der Waals surface area contributed by atoms with E-state index in [1.165, 1.54) is 4.90 Å². The van der Waals surface area contributed by atoms with Gasteiger partial charge in [0.15, 0.2) is 0 Å². The van der Waals surface area contributed by atoms with E-state index in [0.29, 0.717) is 6.54 Å². The van der Waals surface area contributed by atoms with Crippen LogP contribution in [0.4, 0.5) is 18.0 Å². The Kier molecular flexibility index (Phi) is 4.19. The standard InChI is InChI=1S/C16H20F3N3O3/c1-14(2,3)25-13(23)22-7-11-8-24-21-15(11,9-22)12-6-10(4-5-20-12)16(17,18)19/h4-6,11,21H,7-9H2,1-3H3/t11-,15-/m0/s1. The molecule has 2 atom stereocenters. The van der Waals surface area contributed by atoms with Gasteiger partial charge in [-0.15, -0.1) is 0 Å². The molecular weight excluding hydrogens is 339 g/mol. The summed E-state index contributed by atoms with van der Waals surface area (Å²) in [5.41, 5.74) is 0.591. The number of hydroxylamine groups is 1. The van der Waals surface area contributed by atoms with E-state index in [9.17, 15) is 18.0 Å². The predicted molar refractivity (Wildman–Crippen MR) is 81.3 cm³/mol. The second-order valence-electron chi connectivity index (χ2n) is 7.37. The Labute approximate surface area is 143 Å². The number of nitrogens with zero attached hydrogens (tertiary/aromatic N) is 2. The molecule has 3 heterocycles. The molecule has 1 aromatic heterocycles. The maximum Gasteiger partial charge on any atom is 0.416 e. The number of amides is 1. The molecule has 3 rings (SSSR count). The zero-order chi connectivity index (χ0) is 18.5. The largest absolute Gasteiger partial charge is 0.444 e. The molecule has 0 saturated carbocycles. The minimum atomic E-state index is -4.47. The van der Waals surface area contributed by atoms with Crippen LogP contribution in [0.3, 0.4) is 0 Å². The molecule has 9 heteroatoms. The maximum absolute atomic E-state index is 13.0. The van der Waals surface area contributed by atoms with E-state index in [1.54, 1.807) is 20.8 Å².